The molecule has 4 nitrogen and oxygen atoms in total. The Morgan fingerprint density at radius 3 is 2.52 bits per heavy atom. The molecule has 0 aromatic carbocycles. The summed E-state index contributed by atoms with van der Waals surface area (Å²) in [7, 11) is 3.54. The van der Waals surface area contributed by atoms with E-state index in [1.807, 2.05) is 24.8 Å². The molecule has 0 unspecified atom stereocenters. The molecule has 2 amide bonds. The number of carbonyl (C=O) groups is 2. The lowest BCUT2D eigenvalue weighted by Gasteiger charge is -2.27. The Morgan fingerprint density at radius 1 is 1.29 bits per heavy atom. The summed E-state index contributed by atoms with van der Waals surface area (Å²) in [4.78, 5) is 30.1. The molecule has 0 aliphatic heterocycles. The molecule has 21 heavy (non-hydrogen) atoms. The average Bonchev–Trinajstić information content (AvgIpc) is 2.90. The second-order valence-corrected chi connectivity index (χ2v) is 6.85. The molecule has 0 saturated carbocycles. The first kappa shape index (κ1) is 16.0. The highest BCUT2D eigenvalue weighted by Crippen LogP contribution is 2.33. The Bertz CT molecular complexity index is 532. The Labute approximate surface area is 130 Å². The van der Waals surface area contributed by atoms with Gasteiger partial charge < -0.3 is 9.80 Å². The minimum absolute atomic E-state index is 0.0565. The van der Waals surface area contributed by atoms with E-state index < -0.39 is 0 Å². The molecule has 0 saturated heterocycles. The molecule has 0 bridgehead atoms. The normalized spacial score (nSPS) is 17.2. The molecular weight excluding hydrogens is 284 g/mol. The van der Waals surface area contributed by atoms with E-state index in [9.17, 15) is 9.59 Å². The number of rotatable bonds is 4. The number of amides is 2. The highest BCUT2D eigenvalue weighted by molar-refractivity contribution is 7.14. The van der Waals surface area contributed by atoms with E-state index >= 15 is 0 Å². The second kappa shape index (κ2) is 6.60. The fourth-order valence-electron chi connectivity index (χ4n) is 2.85. The molecule has 5 heteroatoms. The van der Waals surface area contributed by atoms with Gasteiger partial charge in [0.1, 0.15) is 0 Å². The molecule has 1 aliphatic carbocycles. The molecule has 0 spiro atoms. The monoisotopic (exact) mass is 308 g/mol. The van der Waals surface area contributed by atoms with Crippen molar-refractivity contribution in [2.75, 3.05) is 27.2 Å². The first-order chi connectivity index (χ1) is 9.97. The second-order valence-electron chi connectivity index (χ2n) is 5.71. The van der Waals surface area contributed by atoms with Gasteiger partial charge in [-0.05, 0) is 44.7 Å². The van der Waals surface area contributed by atoms with Gasteiger partial charge in [-0.3, -0.25) is 9.59 Å². The van der Waals surface area contributed by atoms with Crippen molar-refractivity contribution in [3.05, 3.63) is 21.4 Å². The zero-order chi connectivity index (χ0) is 15.6. The fraction of sp³-hybridized carbons (Fsp3) is 0.625. The summed E-state index contributed by atoms with van der Waals surface area (Å²) in [6.07, 6.45) is 2.60. The molecule has 0 radical (unpaired) electrons. The molecule has 2 rings (SSSR count). The van der Waals surface area contributed by atoms with Crippen molar-refractivity contribution in [2.24, 2.45) is 5.92 Å². The Hall–Kier alpha value is -1.36. The number of carbonyl (C=O) groups excluding carboxylic acids is 2. The van der Waals surface area contributed by atoms with Gasteiger partial charge in [0.05, 0.1) is 4.88 Å². The molecule has 0 fully saturated rings. The van der Waals surface area contributed by atoms with E-state index in [1.165, 1.54) is 10.4 Å². The smallest absolute Gasteiger partial charge is 0.263 e. The van der Waals surface area contributed by atoms with Crippen LogP contribution < -0.4 is 0 Å². The Kier molecular flexibility index (Phi) is 5.04. The highest BCUT2D eigenvalue weighted by Gasteiger charge is 2.29. The summed E-state index contributed by atoms with van der Waals surface area (Å²) >= 11 is 1.59. The van der Waals surface area contributed by atoms with Gasteiger partial charge in [-0.25, -0.2) is 0 Å². The molecule has 1 atom stereocenters. The number of nitrogens with zero attached hydrogens (tertiary/aromatic N) is 2. The molecule has 1 aliphatic rings. The van der Waals surface area contributed by atoms with Crippen LogP contribution in [0.2, 0.25) is 0 Å². The van der Waals surface area contributed by atoms with Crippen molar-refractivity contribution in [2.45, 2.75) is 33.1 Å². The van der Waals surface area contributed by atoms with Gasteiger partial charge in [-0.2, -0.15) is 0 Å². The predicted octanol–water partition coefficient (Wildman–Crippen LogP) is 2.42. The number of aryl methyl sites for hydroxylation is 1. The minimum atomic E-state index is 0.0565. The van der Waals surface area contributed by atoms with E-state index in [1.54, 1.807) is 30.3 Å². The lowest BCUT2D eigenvalue weighted by Crippen LogP contribution is -2.37. The van der Waals surface area contributed by atoms with Crippen LogP contribution >= 0.6 is 11.3 Å². The highest BCUT2D eigenvalue weighted by atomic mass is 32.1. The molecule has 0 N–H and O–H groups in total. The molecular formula is C16H24N2O2S. The van der Waals surface area contributed by atoms with Crippen LogP contribution in [0, 0.1) is 5.92 Å². The Morgan fingerprint density at radius 2 is 1.95 bits per heavy atom. The third kappa shape index (κ3) is 3.28. The topological polar surface area (TPSA) is 40.6 Å². The largest absolute Gasteiger partial charge is 0.344 e. The summed E-state index contributed by atoms with van der Waals surface area (Å²) in [6, 6.07) is 1.99. The zero-order valence-electron chi connectivity index (χ0n) is 13.3. The van der Waals surface area contributed by atoms with E-state index in [2.05, 4.69) is 0 Å². The van der Waals surface area contributed by atoms with Gasteiger partial charge in [0.15, 0.2) is 0 Å². The van der Waals surface area contributed by atoms with Crippen molar-refractivity contribution in [3.8, 4) is 0 Å². The predicted molar refractivity (Wildman–Crippen MR) is 85.8 cm³/mol. The SMILES string of the molecule is CCN(CC)C(=O)[C@@H]1CCc2sc(C(=O)N(C)C)cc2C1. The van der Waals surface area contributed by atoms with Crippen LogP contribution in [0.1, 0.15) is 40.4 Å². The summed E-state index contributed by atoms with van der Waals surface area (Å²) in [5.41, 5.74) is 1.20. The van der Waals surface area contributed by atoms with Crippen LogP contribution in [0.5, 0.6) is 0 Å². The number of thiophene rings is 1. The third-order valence-electron chi connectivity index (χ3n) is 4.12. The van der Waals surface area contributed by atoms with Crippen molar-refractivity contribution >= 4 is 23.2 Å². The van der Waals surface area contributed by atoms with Crippen molar-refractivity contribution in [1.29, 1.82) is 0 Å². The van der Waals surface area contributed by atoms with Crippen molar-refractivity contribution in [3.63, 3.8) is 0 Å². The number of hydrogen-bond donors (Lipinski definition) is 0. The van der Waals surface area contributed by atoms with Crippen LogP contribution in [-0.4, -0.2) is 48.8 Å². The van der Waals surface area contributed by atoms with Crippen LogP contribution in [0.15, 0.2) is 6.07 Å². The number of hydrogen-bond acceptors (Lipinski definition) is 3. The quantitative estimate of drug-likeness (QED) is 0.857. The van der Waals surface area contributed by atoms with E-state index in [0.717, 1.165) is 37.2 Å². The molecule has 116 valence electrons. The average molecular weight is 308 g/mol. The van der Waals surface area contributed by atoms with E-state index in [4.69, 9.17) is 0 Å². The van der Waals surface area contributed by atoms with Crippen molar-refractivity contribution < 1.29 is 9.59 Å². The summed E-state index contributed by atoms with van der Waals surface area (Å²) in [5, 5.41) is 0. The first-order valence-electron chi connectivity index (χ1n) is 7.59. The summed E-state index contributed by atoms with van der Waals surface area (Å²) < 4.78 is 0. The van der Waals surface area contributed by atoms with E-state index in [-0.39, 0.29) is 17.7 Å². The standard InChI is InChI=1S/C16H24N2O2S/c1-5-18(6-2)15(19)11-7-8-13-12(9-11)10-14(21-13)16(20)17(3)4/h10-11H,5-9H2,1-4H3/t11-/m1/s1. The van der Waals surface area contributed by atoms with Crippen LogP contribution in [0.3, 0.4) is 0 Å². The minimum Gasteiger partial charge on any atom is -0.344 e. The van der Waals surface area contributed by atoms with Crippen molar-refractivity contribution in [1.82, 2.24) is 9.80 Å². The van der Waals surface area contributed by atoms with Crippen LogP contribution in [-0.2, 0) is 17.6 Å². The van der Waals surface area contributed by atoms with E-state index in [0.29, 0.717) is 0 Å². The maximum atomic E-state index is 12.5. The van der Waals surface area contributed by atoms with Crippen LogP contribution in [0.4, 0.5) is 0 Å². The lowest BCUT2D eigenvalue weighted by molar-refractivity contribution is -0.135. The first-order valence-corrected chi connectivity index (χ1v) is 8.41. The van der Waals surface area contributed by atoms with Gasteiger partial charge in [0.2, 0.25) is 5.91 Å². The maximum Gasteiger partial charge on any atom is 0.263 e. The Balaban J connectivity index is 2.14. The van der Waals surface area contributed by atoms with Gasteiger partial charge in [0, 0.05) is 38.0 Å². The van der Waals surface area contributed by atoms with Gasteiger partial charge >= 0.3 is 0 Å². The van der Waals surface area contributed by atoms with Gasteiger partial charge in [-0.1, -0.05) is 0 Å². The summed E-state index contributed by atoms with van der Waals surface area (Å²) in [6.45, 7) is 5.58. The molecule has 1 aromatic rings. The summed E-state index contributed by atoms with van der Waals surface area (Å²) in [5.74, 6) is 0.396. The lowest BCUT2D eigenvalue weighted by atomic mass is 9.87. The maximum absolute atomic E-state index is 12.5. The molecule has 1 heterocycles. The third-order valence-corrected chi connectivity index (χ3v) is 5.35. The van der Waals surface area contributed by atoms with Gasteiger partial charge in [0.25, 0.3) is 5.91 Å². The number of fused-ring (bicyclic) bond motifs is 1. The molecule has 1 aromatic heterocycles. The zero-order valence-corrected chi connectivity index (χ0v) is 14.1. The fourth-order valence-corrected chi connectivity index (χ4v) is 4.08. The van der Waals surface area contributed by atoms with Crippen LogP contribution in [0.25, 0.3) is 0 Å². The van der Waals surface area contributed by atoms with Gasteiger partial charge in [-0.15, -0.1) is 11.3 Å².